The molecule has 1 aliphatic heterocycles. The van der Waals surface area contributed by atoms with Crippen molar-refractivity contribution in [1.29, 1.82) is 0 Å². The van der Waals surface area contributed by atoms with E-state index in [0.29, 0.717) is 23.3 Å². The van der Waals surface area contributed by atoms with Crippen LogP contribution in [0.25, 0.3) is 0 Å². The number of benzene rings is 1. The smallest absolute Gasteiger partial charge is 0.138 e. The topological polar surface area (TPSA) is 38.5 Å². The highest BCUT2D eigenvalue weighted by Crippen LogP contribution is 2.27. The van der Waals surface area contributed by atoms with Gasteiger partial charge in [0.1, 0.15) is 12.4 Å². The Bertz CT molecular complexity index is 443. The normalized spacial score (nSPS) is 22.4. The van der Waals surface area contributed by atoms with Gasteiger partial charge in [0, 0.05) is 25.7 Å². The predicted octanol–water partition coefficient (Wildman–Crippen LogP) is 3.11. The van der Waals surface area contributed by atoms with E-state index in [1.165, 1.54) is 5.56 Å². The molecule has 0 radical (unpaired) electrons. The average molecular weight is 317 g/mol. The number of halogens is 2. The molecule has 1 aliphatic rings. The first-order valence-corrected chi connectivity index (χ1v) is 6.98. The van der Waals surface area contributed by atoms with Gasteiger partial charge in [-0.25, -0.2) is 0 Å². The maximum atomic E-state index is 6.21. The van der Waals surface area contributed by atoms with Gasteiger partial charge in [-0.2, -0.15) is 0 Å². The van der Waals surface area contributed by atoms with Crippen LogP contribution < -0.4 is 10.5 Å². The van der Waals surface area contributed by atoms with Gasteiger partial charge < -0.3 is 10.5 Å². The lowest BCUT2D eigenvalue weighted by Gasteiger charge is -2.16. The predicted molar refractivity (Wildman–Crippen MR) is 86.8 cm³/mol. The second-order valence-electron chi connectivity index (χ2n) is 5.20. The van der Waals surface area contributed by atoms with Gasteiger partial charge in [0.2, 0.25) is 0 Å². The molecule has 0 saturated carbocycles. The van der Waals surface area contributed by atoms with Crippen LogP contribution in [0.5, 0.6) is 5.75 Å². The second kappa shape index (κ2) is 7.89. The van der Waals surface area contributed by atoms with E-state index in [2.05, 4.69) is 24.5 Å². The van der Waals surface area contributed by atoms with E-state index in [1.54, 1.807) is 6.08 Å². The minimum atomic E-state index is 0. The maximum Gasteiger partial charge on any atom is 0.138 e. The zero-order valence-electron chi connectivity index (χ0n) is 11.7. The molecule has 2 atom stereocenters. The molecule has 5 heteroatoms. The van der Waals surface area contributed by atoms with E-state index in [9.17, 15) is 0 Å². The quantitative estimate of drug-likeness (QED) is 0.848. The molecule has 3 nitrogen and oxygen atoms in total. The summed E-state index contributed by atoms with van der Waals surface area (Å²) in [6, 6.07) is 6.22. The van der Waals surface area contributed by atoms with Crippen LogP contribution in [0.3, 0.4) is 0 Å². The van der Waals surface area contributed by atoms with Gasteiger partial charge in [-0.1, -0.05) is 37.2 Å². The van der Waals surface area contributed by atoms with Crippen molar-refractivity contribution in [3.05, 3.63) is 41.4 Å². The Morgan fingerprint density at radius 3 is 2.80 bits per heavy atom. The molecule has 2 unspecified atom stereocenters. The number of hydrogen-bond acceptors (Lipinski definition) is 3. The number of nitrogens with zero attached hydrogens (tertiary/aromatic N) is 1. The van der Waals surface area contributed by atoms with E-state index in [-0.39, 0.29) is 18.4 Å². The van der Waals surface area contributed by atoms with Crippen molar-refractivity contribution < 1.29 is 4.74 Å². The average Bonchev–Trinajstić information content (AvgIpc) is 2.67. The van der Waals surface area contributed by atoms with Crippen LogP contribution >= 0.6 is 24.0 Å². The fourth-order valence-corrected chi connectivity index (χ4v) is 2.65. The minimum absolute atomic E-state index is 0. The lowest BCUT2D eigenvalue weighted by Crippen LogP contribution is -2.28. The van der Waals surface area contributed by atoms with E-state index in [1.807, 2.05) is 12.1 Å². The third kappa shape index (κ3) is 4.38. The summed E-state index contributed by atoms with van der Waals surface area (Å²) < 4.78 is 5.46. The summed E-state index contributed by atoms with van der Waals surface area (Å²) in [5.41, 5.74) is 7.23. The van der Waals surface area contributed by atoms with Gasteiger partial charge in [0.05, 0.1) is 5.02 Å². The molecule has 1 aromatic carbocycles. The molecule has 0 aromatic heterocycles. The van der Waals surface area contributed by atoms with Crippen LogP contribution in [-0.2, 0) is 6.54 Å². The monoisotopic (exact) mass is 316 g/mol. The third-order valence-corrected chi connectivity index (χ3v) is 3.80. The molecule has 2 N–H and O–H groups in total. The maximum absolute atomic E-state index is 6.21. The zero-order chi connectivity index (χ0) is 13.8. The first-order chi connectivity index (χ1) is 9.10. The fourth-order valence-electron chi connectivity index (χ4n) is 2.39. The molecule has 112 valence electrons. The Morgan fingerprint density at radius 2 is 2.25 bits per heavy atom. The molecule has 2 rings (SSSR count). The highest BCUT2D eigenvalue weighted by molar-refractivity contribution is 6.32. The summed E-state index contributed by atoms with van der Waals surface area (Å²) >= 11 is 6.21. The van der Waals surface area contributed by atoms with E-state index in [0.717, 1.165) is 19.6 Å². The van der Waals surface area contributed by atoms with Crippen LogP contribution in [0.4, 0.5) is 0 Å². The van der Waals surface area contributed by atoms with E-state index in [4.69, 9.17) is 22.1 Å². The lowest BCUT2D eigenvalue weighted by molar-refractivity contribution is 0.318. The van der Waals surface area contributed by atoms with Crippen molar-refractivity contribution in [2.75, 3.05) is 19.7 Å². The summed E-state index contributed by atoms with van der Waals surface area (Å²) in [5.74, 6) is 1.27. The number of hydrogen-bond donors (Lipinski definition) is 1. The first kappa shape index (κ1) is 17.3. The van der Waals surface area contributed by atoms with Crippen molar-refractivity contribution in [2.24, 2.45) is 11.7 Å². The van der Waals surface area contributed by atoms with Gasteiger partial charge in [0.15, 0.2) is 0 Å². The number of likely N-dealkylation sites (tertiary alicyclic amines) is 1. The Morgan fingerprint density at radius 1 is 1.50 bits per heavy atom. The highest BCUT2D eigenvalue weighted by atomic mass is 35.5. The minimum Gasteiger partial charge on any atom is -0.488 e. The van der Waals surface area contributed by atoms with Gasteiger partial charge in [0.25, 0.3) is 0 Å². The molecule has 1 aromatic rings. The third-order valence-electron chi connectivity index (χ3n) is 3.51. The molecule has 1 heterocycles. The molecule has 0 aliphatic carbocycles. The standard InChI is InChI=1S/C15H21ClN2O.ClH/c1-3-6-19-15-5-4-12(7-13(15)16)9-18-8-11(2)14(17)10-18;/h3-5,7,11,14H,1,6,8-10,17H2,2H3;1H. The fraction of sp³-hybridized carbons (Fsp3) is 0.467. The number of nitrogens with two attached hydrogens (primary N) is 1. The van der Waals surface area contributed by atoms with Gasteiger partial charge in [-0.3, -0.25) is 4.90 Å². The van der Waals surface area contributed by atoms with Crippen molar-refractivity contribution in [3.8, 4) is 5.75 Å². The lowest BCUT2D eigenvalue weighted by atomic mass is 10.1. The van der Waals surface area contributed by atoms with Crippen LogP contribution in [0, 0.1) is 5.92 Å². The van der Waals surface area contributed by atoms with Crippen LogP contribution in [-0.4, -0.2) is 30.6 Å². The SMILES string of the molecule is C=CCOc1ccc(CN2CC(C)C(N)C2)cc1Cl.Cl. The summed E-state index contributed by atoms with van der Waals surface area (Å²) in [6.45, 7) is 9.18. The van der Waals surface area contributed by atoms with Crippen LogP contribution in [0.15, 0.2) is 30.9 Å². The summed E-state index contributed by atoms with van der Waals surface area (Å²) in [4.78, 5) is 2.37. The van der Waals surface area contributed by atoms with Crippen LogP contribution in [0.1, 0.15) is 12.5 Å². The Hall–Kier alpha value is -0.740. The van der Waals surface area contributed by atoms with Crippen molar-refractivity contribution in [2.45, 2.75) is 19.5 Å². The summed E-state index contributed by atoms with van der Waals surface area (Å²) in [6.07, 6.45) is 1.71. The molecule has 0 amide bonds. The Labute approximate surface area is 132 Å². The Balaban J connectivity index is 0.00000200. The van der Waals surface area contributed by atoms with Crippen molar-refractivity contribution >= 4 is 24.0 Å². The Kier molecular flexibility index (Phi) is 6.83. The van der Waals surface area contributed by atoms with Gasteiger partial charge >= 0.3 is 0 Å². The van der Waals surface area contributed by atoms with Crippen molar-refractivity contribution in [3.63, 3.8) is 0 Å². The van der Waals surface area contributed by atoms with Gasteiger partial charge in [-0.05, 0) is 23.6 Å². The van der Waals surface area contributed by atoms with E-state index < -0.39 is 0 Å². The van der Waals surface area contributed by atoms with Crippen molar-refractivity contribution in [1.82, 2.24) is 4.90 Å². The van der Waals surface area contributed by atoms with E-state index >= 15 is 0 Å². The number of rotatable bonds is 5. The molecule has 1 saturated heterocycles. The zero-order valence-corrected chi connectivity index (χ0v) is 13.3. The molecule has 20 heavy (non-hydrogen) atoms. The molecular formula is C15H22Cl2N2O. The number of ether oxygens (including phenoxy) is 1. The first-order valence-electron chi connectivity index (χ1n) is 6.60. The molecular weight excluding hydrogens is 295 g/mol. The highest BCUT2D eigenvalue weighted by Gasteiger charge is 2.26. The largest absolute Gasteiger partial charge is 0.488 e. The second-order valence-corrected chi connectivity index (χ2v) is 5.61. The summed E-state index contributed by atoms with van der Waals surface area (Å²) in [7, 11) is 0. The molecule has 0 spiro atoms. The molecule has 1 fully saturated rings. The summed E-state index contributed by atoms with van der Waals surface area (Å²) in [5, 5.41) is 0.649. The van der Waals surface area contributed by atoms with Crippen LogP contribution in [0.2, 0.25) is 5.02 Å². The van der Waals surface area contributed by atoms with Gasteiger partial charge in [-0.15, -0.1) is 12.4 Å². The molecule has 0 bridgehead atoms.